The Bertz CT molecular complexity index is 548. The normalized spacial score (nSPS) is 11.7. The van der Waals surface area contributed by atoms with E-state index in [9.17, 15) is 9.59 Å². The second-order valence-corrected chi connectivity index (χ2v) is 7.09. The Hall–Kier alpha value is -2.08. The minimum atomic E-state index is -0.664. The molecule has 1 rings (SSSR count). The van der Waals surface area contributed by atoms with Gasteiger partial charge in [0.2, 0.25) is 5.91 Å². The van der Waals surface area contributed by atoms with Gasteiger partial charge >= 0.3 is 6.09 Å². The summed E-state index contributed by atoms with van der Waals surface area (Å²) >= 11 is 0. The van der Waals surface area contributed by atoms with E-state index in [1.165, 1.54) is 0 Å². The average molecular weight is 350 g/mol. The Morgan fingerprint density at radius 2 is 1.64 bits per heavy atom. The first-order valence-corrected chi connectivity index (χ1v) is 8.65. The van der Waals surface area contributed by atoms with E-state index in [2.05, 4.69) is 10.8 Å². The summed E-state index contributed by atoms with van der Waals surface area (Å²) in [5, 5.41) is 2.85. The molecule has 0 bridgehead atoms. The molecule has 1 aromatic rings. The van der Waals surface area contributed by atoms with E-state index in [0.29, 0.717) is 12.8 Å². The first kappa shape index (κ1) is 21.0. The van der Waals surface area contributed by atoms with Crippen LogP contribution in [0.15, 0.2) is 30.3 Å². The van der Waals surface area contributed by atoms with Crippen LogP contribution in [0.5, 0.6) is 0 Å². The summed E-state index contributed by atoms with van der Waals surface area (Å²) in [6, 6.07) is 9.56. The number of carbonyl (C=O) groups is 2. The lowest BCUT2D eigenvalue weighted by Gasteiger charge is -2.33. The maximum atomic E-state index is 12.2. The van der Waals surface area contributed by atoms with Crippen molar-refractivity contribution in [1.82, 2.24) is 10.8 Å². The maximum absolute atomic E-state index is 12.2. The standard InChI is InChI=1S/C19H30N2O4/c1-6-19(7-2,20-17(23)25-18(3,4)5)13-16(22)21-24-14-15-11-9-8-10-12-15/h8-12H,6-7,13-14H2,1-5H3,(H,20,23)(H,21,22). The smallest absolute Gasteiger partial charge is 0.408 e. The quantitative estimate of drug-likeness (QED) is 0.701. The molecule has 2 amide bonds. The fraction of sp³-hybridized carbons (Fsp3) is 0.579. The van der Waals surface area contributed by atoms with Crippen LogP contribution >= 0.6 is 0 Å². The van der Waals surface area contributed by atoms with E-state index >= 15 is 0 Å². The highest BCUT2D eigenvalue weighted by Crippen LogP contribution is 2.21. The molecule has 0 fully saturated rings. The minimum absolute atomic E-state index is 0.119. The number of rotatable bonds is 8. The van der Waals surface area contributed by atoms with Gasteiger partial charge < -0.3 is 10.1 Å². The lowest BCUT2D eigenvalue weighted by molar-refractivity contribution is -0.136. The summed E-state index contributed by atoms with van der Waals surface area (Å²) in [5.74, 6) is -0.282. The van der Waals surface area contributed by atoms with Gasteiger partial charge in [-0.2, -0.15) is 0 Å². The van der Waals surface area contributed by atoms with E-state index < -0.39 is 17.2 Å². The van der Waals surface area contributed by atoms with Crippen LogP contribution in [-0.4, -0.2) is 23.1 Å². The van der Waals surface area contributed by atoms with Crippen molar-refractivity contribution in [3.8, 4) is 0 Å². The van der Waals surface area contributed by atoms with E-state index in [-0.39, 0.29) is 18.9 Å². The number of amides is 2. The Morgan fingerprint density at radius 1 is 1.04 bits per heavy atom. The third-order valence-corrected chi connectivity index (χ3v) is 3.89. The molecule has 0 saturated heterocycles. The summed E-state index contributed by atoms with van der Waals surface area (Å²) < 4.78 is 5.30. The zero-order chi connectivity index (χ0) is 18.9. The van der Waals surface area contributed by atoms with Gasteiger partial charge in [0, 0.05) is 0 Å². The third kappa shape index (κ3) is 8.03. The second-order valence-electron chi connectivity index (χ2n) is 7.09. The van der Waals surface area contributed by atoms with E-state index in [1.807, 2.05) is 44.2 Å². The summed E-state index contributed by atoms with van der Waals surface area (Å²) in [5.41, 5.74) is 2.16. The van der Waals surface area contributed by atoms with Gasteiger partial charge in [-0.3, -0.25) is 9.63 Å². The van der Waals surface area contributed by atoms with Crippen molar-refractivity contribution >= 4 is 12.0 Å². The van der Waals surface area contributed by atoms with Crippen molar-refractivity contribution in [2.24, 2.45) is 0 Å². The second kappa shape index (κ2) is 9.42. The van der Waals surface area contributed by atoms with Gasteiger partial charge in [0.25, 0.3) is 0 Å². The fourth-order valence-corrected chi connectivity index (χ4v) is 2.36. The largest absolute Gasteiger partial charge is 0.444 e. The predicted octanol–water partition coefficient (Wildman–Crippen LogP) is 3.71. The zero-order valence-electron chi connectivity index (χ0n) is 15.8. The third-order valence-electron chi connectivity index (χ3n) is 3.89. The van der Waals surface area contributed by atoms with Crippen molar-refractivity contribution in [3.05, 3.63) is 35.9 Å². The molecule has 0 aromatic heterocycles. The molecule has 0 aliphatic rings. The lowest BCUT2D eigenvalue weighted by atomic mass is 9.89. The minimum Gasteiger partial charge on any atom is -0.444 e. The molecule has 0 unspecified atom stereocenters. The summed E-state index contributed by atoms with van der Waals surface area (Å²) in [7, 11) is 0. The number of hydroxylamine groups is 1. The zero-order valence-corrected chi connectivity index (χ0v) is 15.8. The van der Waals surface area contributed by atoms with Gasteiger partial charge in [0.1, 0.15) is 5.60 Å². The number of ether oxygens (including phenoxy) is 1. The van der Waals surface area contributed by atoms with Gasteiger partial charge in [-0.15, -0.1) is 0 Å². The van der Waals surface area contributed by atoms with Gasteiger partial charge in [-0.1, -0.05) is 44.2 Å². The molecule has 6 heteroatoms. The van der Waals surface area contributed by atoms with Crippen molar-refractivity contribution in [1.29, 1.82) is 0 Å². The van der Waals surface area contributed by atoms with Gasteiger partial charge in [0.15, 0.2) is 0 Å². The van der Waals surface area contributed by atoms with Gasteiger partial charge in [0.05, 0.1) is 18.6 Å². The first-order valence-electron chi connectivity index (χ1n) is 8.65. The monoisotopic (exact) mass is 350 g/mol. The van der Waals surface area contributed by atoms with Crippen LogP contribution in [-0.2, 0) is 21.0 Å². The molecular formula is C19H30N2O4. The van der Waals surface area contributed by atoms with Crippen LogP contribution in [0.25, 0.3) is 0 Å². The number of nitrogens with one attached hydrogen (secondary N) is 2. The molecule has 1 aromatic carbocycles. The Kier molecular flexibility index (Phi) is 7.90. The molecule has 140 valence electrons. The van der Waals surface area contributed by atoms with Crippen LogP contribution in [0.3, 0.4) is 0 Å². The van der Waals surface area contributed by atoms with Crippen LogP contribution in [0.4, 0.5) is 4.79 Å². The molecule has 25 heavy (non-hydrogen) atoms. The summed E-state index contributed by atoms with van der Waals surface area (Å²) in [6.07, 6.45) is 0.812. The molecular weight excluding hydrogens is 320 g/mol. The molecule has 0 radical (unpaired) electrons. The van der Waals surface area contributed by atoms with Crippen LogP contribution in [0.1, 0.15) is 59.4 Å². The highest BCUT2D eigenvalue weighted by Gasteiger charge is 2.33. The van der Waals surface area contributed by atoms with Crippen molar-refractivity contribution in [2.75, 3.05) is 0 Å². The molecule has 6 nitrogen and oxygen atoms in total. The molecule has 0 aliphatic carbocycles. The Labute approximate surface area is 150 Å². The lowest BCUT2D eigenvalue weighted by Crippen LogP contribution is -2.51. The molecule has 0 spiro atoms. The molecule has 0 aliphatic heterocycles. The summed E-state index contributed by atoms with van der Waals surface area (Å²) in [6.45, 7) is 9.55. The first-order chi connectivity index (χ1) is 11.7. The predicted molar refractivity (Wildman–Crippen MR) is 96.7 cm³/mol. The average Bonchev–Trinajstić information content (AvgIpc) is 2.53. The van der Waals surface area contributed by atoms with E-state index in [0.717, 1.165) is 5.56 Å². The number of hydrogen-bond acceptors (Lipinski definition) is 4. The van der Waals surface area contributed by atoms with Crippen LogP contribution in [0.2, 0.25) is 0 Å². The fourth-order valence-electron chi connectivity index (χ4n) is 2.36. The van der Waals surface area contributed by atoms with Gasteiger partial charge in [-0.25, -0.2) is 10.3 Å². The Balaban J connectivity index is 2.54. The van der Waals surface area contributed by atoms with Crippen LogP contribution < -0.4 is 10.8 Å². The summed E-state index contributed by atoms with van der Waals surface area (Å²) in [4.78, 5) is 29.5. The van der Waals surface area contributed by atoms with Crippen molar-refractivity contribution in [3.63, 3.8) is 0 Å². The topological polar surface area (TPSA) is 76.7 Å². The van der Waals surface area contributed by atoms with Crippen LogP contribution in [0, 0.1) is 0 Å². The molecule has 0 atom stereocenters. The number of hydrogen-bond donors (Lipinski definition) is 2. The number of alkyl carbamates (subject to hydrolysis) is 1. The molecule has 0 heterocycles. The maximum Gasteiger partial charge on any atom is 0.408 e. The molecule has 2 N–H and O–H groups in total. The molecule has 0 saturated carbocycles. The SMILES string of the molecule is CCC(CC)(CC(=O)NOCc1ccccc1)NC(=O)OC(C)(C)C. The number of benzene rings is 1. The Morgan fingerprint density at radius 3 is 2.16 bits per heavy atom. The van der Waals surface area contributed by atoms with Crippen molar-refractivity contribution < 1.29 is 19.2 Å². The highest BCUT2D eigenvalue weighted by molar-refractivity contribution is 5.77. The number of carbonyl (C=O) groups excluding carboxylic acids is 2. The van der Waals surface area contributed by atoms with Crippen molar-refractivity contribution in [2.45, 2.75) is 71.6 Å². The van der Waals surface area contributed by atoms with E-state index in [1.54, 1.807) is 20.8 Å². The highest BCUT2D eigenvalue weighted by atomic mass is 16.6. The van der Waals surface area contributed by atoms with Gasteiger partial charge in [-0.05, 0) is 39.2 Å². The van der Waals surface area contributed by atoms with E-state index in [4.69, 9.17) is 9.57 Å².